The molecule has 0 bridgehead atoms. The van der Waals surface area contributed by atoms with E-state index < -0.39 is 9.84 Å². The van der Waals surface area contributed by atoms with Crippen molar-refractivity contribution in [1.29, 1.82) is 0 Å². The Labute approximate surface area is 116 Å². The Balaban J connectivity index is 2.11. The topological polar surface area (TPSA) is 93.4 Å². The Hall–Kier alpha value is -0.990. The number of amides is 1. The number of aromatic nitrogens is 1. The van der Waals surface area contributed by atoms with Crippen molar-refractivity contribution in [2.45, 2.75) is 19.4 Å². The molecule has 6 nitrogen and oxygen atoms in total. The number of nitrogens with zero attached hydrogens (tertiary/aromatic N) is 2. The summed E-state index contributed by atoms with van der Waals surface area (Å²) >= 11 is 1.41. The van der Waals surface area contributed by atoms with Gasteiger partial charge in [-0.05, 0) is 13.5 Å². The molecule has 0 aromatic carbocycles. The lowest BCUT2D eigenvalue weighted by atomic mass is 10.2. The van der Waals surface area contributed by atoms with Crippen LogP contribution in [0, 0.1) is 0 Å². The minimum atomic E-state index is -3.01. The van der Waals surface area contributed by atoms with Gasteiger partial charge in [0.1, 0.15) is 5.69 Å². The molecule has 1 amide bonds. The zero-order valence-corrected chi connectivity index (χ0v) is 12.3. The molecule has 0 radical (unpaired) electrons. The summed E-state index contributed by atoms with van der Waals surface area (Å²) in [6.07, 6.45) is 0.655. The van der Waals surface area contributed by atoms with Gasteiger partial charge in [0.05, 0.1) is 16.5 Å². The van der Waals surface area contributed by atoms with Crippen LogP contribution in [-0.4, -0.2) is 54.8 Å². The molecule has 1 aromatic rings. The lowest BCUT2D eigenvalue weighted by Crippen LogP contribution is -2.49. The molecule has 0 spiro atoms. The Morgan fingerprint density at radius 1 is 1.63 bits per heavy atom. The Morgan fingerprint density at radius 2 is 2.37 bits per heavy atom. The fourth-order valence-corrected chi connectivity index (χ4v) is 4.44. The number of sulfone groups is 1. The number of carbonyl (C=O) groups is 1. The molecule has 19 heavy (non-hydrogen) atoms. The van der Waals surface area contributed by atoms with Gasteiger partial charge in [0, 0.05) is 24.4 Å². The predicted octanol–water partition coefficient (Wildman–Crippen LogP) is -0.0966. The standard InChI is InChI=1S/C11H17N3O3S2/c1-8-7-19(16,17)5-4-14(8)11(15)9-6-18-10(13-9)2-3-12/h6,8H,2-5,7,12H2,1H3. The lowest BCUT2D eigenvalue weighted by Gasteiger charge is -2.32. The highest BCUT2D eigenvalue weighted by Crippen LogP contribution is 2.17. The zero-order chi connectivity index (χ0) is 14.0. The van der Waals surface area contributed by atoms with Crippen LogP contribution in [0.15, 0.2) is 5.38 Å². The van der Waals surface area contributed by atoms with Gasteiger partial charge >= 0.3 is 0 Å². The molecule has 2 N–H and O–H groups in total. The second-order valence-corrected chi connectivity index (χ2v) is 7.80. The number of thiazole rings is 1. The summed E-state index contributed by atoms with van der Waals surface area (Å²) in [4.78, 5) is 18.1. The van der Waals surface area contributed by atoms with E-state index >= 15 is 0 Å². The average Bonchev–Trinajstić information content (AvgIpc) is 2.76. The van der Waals surface area contributed by atoms with E-state index in [1.165, 1.54) is 11.3 Å². The largest absolute Gasteiger partial charge is 0.333 e. The number of rotatable bonds is 3. The van der Waals surface area contributed by atoms with E-state index in [0.717, 1.165) is 5.01 Å². The van der Waals surface area contributed by atoms with Gasteiger partial charge in [-0.15, -0.1) is 11.3 Å². The molecular formula is C11H17N3O3S2. The van der Waals surface area contributed by atoms with Gasteiger partial charge in [-0.25, -0.2) is 13.4 Å². The fourth-order valence-electron chi connectivity index (χ4n) is 2.09. The van der Waals surface area contributed by atoms with Crippen molar-refractivity contribution >= 4 is 27.1 Å². The number of carbonyl (C=O) groups excluding carboxylic acids is 1. The van der Waals surface area contributed by atoms with Crippen LogP contribution in [0.3, 0.4) is 0 Å². The summed E-state index contributed by atoms with van der Waals surface area (Å²) in [5.74, 6) is -0.136. The van der Waals surface area contributed by atoms with Crippen molar-refractivity contribution < 1.29 is 13.2 Å². The summed E-state index contributed by atoms with van der Waals surface area (Å²) in [5, 5.41) is 2.55. The maximum absolute atomic E-state index is 12.3. The van der Waals surface area contributed by atoms with Gasteiger partial charge in [0.15, 0.2) is 9.84 Å². The quantitative estimate of drug-likeness (QED) is 0.842. The highest BCUT2D eigenvalue weighted by molar-refractivity contribution is 7.91. The lowest BCUT2D eigenvalue weighted by molar-refractivity contribution is 0.0707. The molecule has 106 valence electrons. The van der Waals surface area contributed by atoms with Gasteiger partial charge in [0.2, 0.25) is 0 Å². The number of nitrogens with two attached hydrogens (primary N) is 1. The van der Waals surface area contributed by atoms with Crippen molar-refractivity contribution in [3.8, 4) is 0 Å². The van der Waals surface area contributed by atoms with Crippen molar-refractivity contribution in [2.24, 2.45) is 5.73 Å². The van der Waals surface area contributed by atoms with E-state index in [2.05, 4.69) is 4.98 Å². The van der Waals surface area contributed by atoms with Gasteiger partial charge in [-0.1, -0.05) is 0 Å². The molecular weight excluding hydrogens is 286 g/mol. The first kappa shape index (κ1) is 14.4. The molecule has 1 unspecified atom stereocenters. The summed E-state index contributed by atoms with van der Waals surface area (Å²) in [5.41, 5.74) is 5.83. The smallest absolute Gasteiger partial charge is 0.273 e. The van der Waals surface area contributed by atoms with Crippen LogP contribution in [0.1, 0.15) is 22.4 Å². The van der Waals surface area contributed by atoms with E-state index in [1.54, 1.807) is 17.2 Å². The monoisotopic (exact) mass is 303 g/mol. The fraction of sp³-hybridized carbons (Fsp3) is 0.636. The molecule has 8 heteroatoms. The summed E-state index contributed by atoms with van der Waals surface area (Å²) < 4.78 is 23.0. The third-order valence-electron chi connectivity index (χ3n) is 3.06. The second kappa shape index (κ2) is 5.56. The van der Waals surface area contributed by atoms with Gasteiger partial charge in [0.25, 0.3) is 5.91 Å². The zero-order valence-electron chi connectivity index (χ0n) is 10.7. The average molecular weight is 303 g/mol. The van der Waals surface area contributed by atoms with Gasteiger partial charge in [-0.3, -0.25) is 4.79 Å². The number of hydrogen-bond acceptors (Lipinski definition) is 6. The van der Waals surface area contributed by atoms with Crippen molar-refractivity contribution in [2.75, 3.05) is 24.6 Å². The van der Waals surface area contributed by atoms with Crippen LogP contribution < -0.4 is 5.73 Å². The van der Waals surface area contributed by atoms with E-state index in [1.807, 2.05) is 0 Å². The minimum Gasteiger partial charge on any atom is -0.333 e. The van der Waals surface area contributed by atoms with E-state index in [-0.39, 0.29) is 30.0 Å². The minimum absolute atomic E-state index is 0.0263. The summed E-state index contributed by atoms with van der Waals surface area (Å²) in [7, 11) is -3.01. The van der Waals surface area contributed by atoms with Crippen LogP contribution in [-0.2, 0) is 16.3 Å². The van der Waals surface area contributed by atoms with Gasteiger partial charge < -0.3 is 10.6 Å². The first-order valence-corrected chi connectivity index (χ1v) is 8.79. The molecule has 2 rings (SSSR count). The summed E-state index contributed by atoms with van der Waals surface area (Å²) in [6.45, 7) is 2.49. The Kier molecular flexibility index (Phi) is 4.22. The van der Waals surface area contributed by atoms with Crippen molar-refractivity contribution in [3.63, 3.8) is 0 Å². The van der Waals surface area contributed by atoms with Crippen LogP contribution in [0.5, 0.6) is 0 Å². The van der Waals surface area contributed by atoms with Gasteiger partial charge in [-0.2, -0.15) is 0 Å². The second-order valence-electron chi connectivity index (χ2n) is 4.63. The van der Waals surface area contributed by atoms with Crippen molar-refractivity contribution in [3.05, 3.63) is 16.1 Å². The first-order chi connectivity index (χ1) is 8.93. The van der Waals surface area contributed by atoms with Crippen LogP contribution in [0.25, 0.3) is 0 Å². The van der Waals surface area contributed by atoms with Crippen LogP contribution in [0.4, 0.5) is 0 Å². The first-order valence-electron chi connectivity index (χ1n) is 6.09. The summed E-state index contributed by atoms with van der Waals surface area (Å²) in [6, 6.07) is -0.300. The molecule has 1 aliphatic rings. The molecule has 1 aromatic heterocycles. The highest BCUT2D eigenvalue weighted by Gasteiger charge is 2.32. The van der Waals surface area contributed by atoms with Crippen LogP contribution in [0.2, 0.25) is 0 Å². The maximum Gasteiger partial charge on any atom is 0.273 e. The Bertz CT molecular complexity index is 567. The molecule has 1 atom stereocenters. The molecule has 1 aliphatic heterocycles. The number of hydrogen-bond donors (Lipinski definition) is 1. The molecule has 0 aliphatic carbocycles. The third-order valence-corrected chi connectivity index (χ3v) is 5.76. The maximum atomic E-state index is 12.3. The SMILES string of the molecule is CC1CS(=O)(=O)CCN1C(=O)c1csc(CCN)n1. The van der Waals surface area contributed by atoms with Crippen LogP contribution >= 0.6 is 11.3 Å². The molecule has 1 fully saturated rings. The molecule has 0 saturated carbocycles. The molecule has 2 heterocycles. The molecule has 1 saturated heterocycles. The normalized spacial score (nSPS) is 22.4. The Morgan fingerprint density at radius 3 is 3.00 bits per heavy atom. The van der Waals surface area contributed by atoms with Crippen molar-refractivity contribution in [1.82, 2.24) is 9.88 Å². The van der Waals surface area contributed by atoms with E-state index in [9.17, 15) is 13.2 Å². The van der Waals surface area contributed by atoms with E-state index in [0.29, 0.717) is 18.7 Å². The predicted molar refractivity (Wildman–Crippen MR) is 74.0 cm³/mol. The third kappa shape index (κ3) is 3.31. The van der Waals surface area contributed by atoms with E-state index in [4.69, 9.17) is 5.73 Å². The highest BCUT2D eigenvalue weighted by atomic mass is 32.2.